The second kappa shape index (κ2) is 8.12. The number of nitrogens with zero attached hydrogens (tertiary/aromatic N) is 1. The lowest BCUT2D eigenvalue weighted by Crippen LogP contribution is -2.66. The molecule has 3 N–H and O–H groups in total. The molecule has 5 fully saturated rings. The molecule has 10 heteroatoms. The third-order valence-corrected chi connectivity index (χ3v) is 9.89. The lowest BCUT2D eigenvalue weighted by molar-refractivity contribution is -0.148. The van der Waals surface area contributed by atoms with Gasteiger partial charge >= 0.3 is 0 Å². The molecule has 0 spiro atoms. The van der Waals surface area contributed by atoms with Crippen LogP contribution in [0.4, 0.5) is 10.1 Å². The van der Waals surface area contributed by atoms with E-state index in [-0.39, 0.29) is 40.4 Å². The molecule has 7 nitrogen and oxygen atoms in total. The van der Waals surface area contributed by atoms with Gasteiger partial charge in [-0.3, -0.25) is 13.9 Å². The van der Waals surface area contributed by atoms with Gasteiger partial charge in [0, 0.05) is 11.5 Å². The largest absolute Gasteiger partial charge is 0.369 e. The minimum atomic E-state index is -3.30. The number of carbonyl (C=O) groups excluding carboxylic acids is 2. The van der Waals surface area contributed by atoms with Crippen molar-refractivity contribution in [2.45, 2.75) is 69.4 Å². The van der Waals surface area contributed by atoms with Crippen molar-refractivity contribution >= 4 is 40.0 Å². The zero-order valence-corrected chi connectivity index (χ0v) is 19.9. The van der Waals surface area contributed by atoms with Crippen molar-refractivity contribution < 1.29 is 22.4 Å². The van der Waals surface area contributed by atoms with Gasteiger partial charge < -0.3 is 11.1 Å². The van der Waals surface area contributed by atoms with Gasteiger partial charge in [-0.15, -0.1) is 0 Å². The van der Waals surface area contributed by atoms with Crippen LogP contribution >= 0.6 is 11.6 Å². The second-order valence-electron chi connectivity index (χ2n) is 10.5. The Hall–Kier alpha value is -1.87. The Morgan fingerprint density at radius 2 is 1.76 bits per heavy atom. The Balaban J connectivity index is 1.46. The number of halogens is 2. The first-order chi connectivity index (χ1) is 15.7. The molecule has 0 radical (unpaired) electrons. The van der Waals surface area contributed by atoms with Gasteiger partial charge in [-0.25, -0.2) is 12.8 Å². The van der Waals surface area contributed by atoms with Crippen molar-refractivity contribution in [1.29, 1.82) is 0 Å². The first-order valence-electron chi connectivity index (χ1n) is 11.7. The van der Waals surface area contributed by atoms with Crippen molar-refractivity contribution in [1.82, 2.24) is 5.32 Å². The molecule has 2 amide bonds. The Morgan fingerprint density at radius 1 is 1.12 bits per heavy atom. The number of hydrogen-bond acceptors (Lipinski definition) is 4. The minimum Gasteiger partial charge on any atom is -0.369 e. The highest BCUT2D eigenvalue weighted by atomic mass is 35.5. The predicted molar refractivity (Wildman–Crippen MR) is 123 cm³/mol. The number of carbonyl (C=O) groups is 2. The van der Waals surface area contributed by atoms with E-state index in [2.05, 4.69) is 5.32 Å². The molecule has 0 heterocycles. The number of thiol groups is 1. The molecule has 5 saturated carbocycles. The summed E-state index contributed by atoms with van der Waals surface area (Å²) >= 11 is 5.93. The molecule has 4 bridgehead atoms. The van der Waals surface area contributed by atoms with Crippen molar-refractivity contribution in [3.8, 4) is 0 Å². The number of anilines is 1. The quantitative estimate of drug-likeness (QED) is 0.525. The zero-order valence-electron chi connectivity index (χ0n) is 18.3. The molecule has 0 saturated heterocycles. The number of nitrogens with two attached hydrogens (primary N) is 1. The van der Waals surface area contributed by atoms with Gasteiger partial charge in [-0.05, 0) is 74.8 Å². The van der Waals surface area contributed by atoms with Crippen molar-refractivity contribution in [2.24, 2.45) is 28.9 Å². The number of benzene rings is 1. The molecule has 5 aliphatic carbocycles. The van der Waals surface area contributed by atoms with Crippen LogP contribution in [0.15, 0.2) is 18.2 Å². The topological polar surface area (TPSA) is 110 Å². The molecule has 180 valence electrons. The summed E-state index contributed by atoms with van der Waals surface area (Å²) in [6.07, 6.45) is 5.98. The van der Waals surface area contributed by atoms with E-state index in [0.717, 1.165) is 23.6 Å². The van der Waals surface area contributed by atoms with E-state index in [1.165, 1.54) is 18.2 Å². The normalized spacial score (nSPS) is 33.9. The van der Waals surface area contributed by atoms with Crippen molar-refractivity contribution in [3.63, 3.8) is 0 Å². The van der Waals surface area contributed by atoms with E-state index in [4.69, 9.17) is 17.3 Å². The van der Waals surface area contributed by atoms with Gasteiger partial charge in [0.25, 0.3) is 0 Å². The van der Waals surface area contributed by atoms with E-state index in [1.54, 1.807) is 0 Å². The van der Waals surface area contributed by atoms with Crippen LogP contribution in [0, 0.1) is 29.0 Å². The van der Waals surface area contributed by atoms with E-state index in [9.17, 15) is 22.4 Å². The fourth-order valence-electron chi connectivity index (χ4n) is 7.47. The molecule has 1 aromatic rings. The molecule has 2 unspecified atom stereocenters. The average Bonchev–Trinajstić information content (AvgIpc) is 3.24. The summed E-state index contributed by atoms with van der Waals surface area (Å²) in [6, 6.07) is 4.04. The summed E-state index contributed by atoms with van der Waals surface area (Å²) in [4.78, 5) is 26.1. The summed E-state index contributed by atoms with van der Waals surface area (Å²) in [5, 5.41) is 2.99. The molecule has 6 rings (SSSR count). The van der Waals surface area contributed by atoms with Gasteiger partial charge in [-0.2, -0.15) is 0 Å². The molecule has 0 aromatic heterocycles. The molecule has 2 atom stereocenters. The van der Waals surface area contributed by atoms with Gasteiger partial charge in [-0.1, -0.05) is 30.5 Å². The summed E-state index contributed by atoms with van der Waals surface area (Å²) in [6.45, 7) is 0. The number of nitrogens with one attached hydrogen (secondary N) is 1. The summed E-state index contributed by atoms with van der Waals surface area (Å²) < 4.78 is 40.7. The van der Waals surface area contributed by atoms with Crippen molar-refractivity contribution in [3.05, 3.63) is 29.0 Å². The number of amides is 2. The maximum Gasteiger partial charge on any atom is 0.247 e. The lowest BCUT2D eigenvalue weighted by Gasteiger charge is -2.59. The Labute approximate surface area is 199 Å². The van der Waals surface area contributed by atoms with Crippen LogP contribution in [0.1, 0.15) is 57.8 Å². The van der Waals surface area contributed by atoms with E-state index in [1.807, 2.05) is 0 Å². The van der Waals surface area contributed by atoms with Crippen LogP contribution < -0.4 is 15.4 Å². The second-order valence-corrected chi connectivity index (χ2v) is 11.8. The van der Waals surface area contributed by atoms with Crippen LogP contribution in [0.3, 0.4) is 0 Å². The predicted octanol–water partition coefficient (Wildman–Crippen LogP) is 2.92. The maximum atomic E-state index is 14.9. The summed E-state index contributed by atoms with van der Waals surface area (Å²) in [5.41, 5.74) is 3.71. The molecule has 5 aliphatic rings. The molecule has 1 aromatic carbocycles. The van der Waals surface area contributed by atoms with Crippen molar-refractivity contribution in [2.75, 3.05) is 4.31 Å². The Morgan fingerprint density at radius 3 is 2.33 bits per heavy atom. The van der Waals surface area contributed by atoms with E-state index in [0.29, 0.717) is 44.4 Å². The number of primary amides is 1. The molecule has 33 heavy (non-hydrogen) atoms. The fraction of sp³-hybridized carbons (Fsp3) is 0.652. The Kier molecular flexibility index (Phi) is 5.63. The van der Waals surface area contributed by atoms with Gasteiger partial charge in [0.2, 0.25) is 22.7 Å². The van der Waals surface area contributed by atoms with Crippen LogP contribution in [0.2, 0.25) is 5.02 Å². The highest BCUT2D eigenvalue weighted by Gasteiger charge is 2.59. The third kappa shape index (κ3) is 3.53. The minimum absolute atomic E-state index is 0.130. The first-order valence-corrected chi connectivity index (χ1v) is 13.2. The highest BCUT2D eigenvalue weighted by molar-refractivity contribution is 7.74. The van der Waals surface area contributed by atoms with Crippen LogP contribution in [0.5, 0.6) is 0 Å². The zero-order chi connectivity index (χ0) is 23.5. The standard InChI is InChI=1S/C23H29ClFN3O4S/c24-16-4-3-5-17(18(16)25)28(33(31)32)23(6-1-2-7-23)21(30)27-19-14-8-13-9-15(19)12-22(10-13,11-14)20(26)29/h3-5,13-15,19,33H,1-2,6-12H2,(H2,26,29)(H,27,30). The fourth-order valence-corrected chi connectivity index (χ4v) is 8.58. The highest BCUT2D eigenvalue weighted by Crippen LogP contribution is 2.60. The smallest absolute Gasteiger partial charge is 0.247 e. The number of hydrogen-bond donors (Lipinski definition) is 3. The molecular formula is C23H29ClFN3O4S. The summed E-state index contributed by atoms with van der Waals surface area (Å²) in [5.74, 6) is -0.756. The average molecular weight is 498 g/mol. The van der Waals surface area contributed by atoms with Gasteiger partial charge in [0.05, 0.1) is 10.7 Å². The lowest BCUT2D eigenvalue weighted by atomic mass is 9.47. The number of rotatable bonds is 6. The van der Waals surface area contributed by atoms with Crippen LogP contribution in [-0.4, -0.2) is 31.8 Å². The van der Waals surface area contributed by atoms with E-state index >= 15 is 0 Å². The van der Waals surface area contributed by atoms with Gasteiger partial charge in [0.15, 0.2) is 5.82 Å². The Bertz CT molecular complexity index is 1050. The third-order valence-electron chi connectivity index (χ3n) is 8.68. The molecular weight excluding hydrogens is 469 g/mol. The van der Waals surface area contributed by atoms with Crippen LogP contribution in [-0.2, 0) is 20.5 Å². The van der Waals surface area contributed by atoms with E-state index < -0.39 is 27.7 Å². The maximum absolute atomic E-state index is 14.9. The summed E-state index contributed by atoms with van der Waals surface area (Å²) in [7, 11) is -3.30. The SMILES string of the molecule is NC(=O)C12CC3CC(C1)C(NC(=O)C1(N(c4cccc(Cl)c4F)[SH](=O)=O)CCCC1)C(C3)C2. The van der Waals surface area contributed by atoms with Gasteiger partial charge in [0.1, 0.15) is 5.54 Å². The molecule has 0 aliphatic heterocycles. The van der Waals surface area contributed by atoms with Crippen LogP contribution in [0.25, 0.3) is 0 Å². The first kappa shape index (κ1) is 22.9. The monoisotopic (exact) mass is 497 g/mol.